The molecule has 1 fully saturated rings. The lowest BCUT2D eigenvalue weighted by atomic mass is 10.2. The van der Waals surface area contributed by atoms with Gasteiger partial charge in [0.25, 0.3) is 5.69 Å². The van der Waals surface area contributed by atoms with Gasteiger partial charge < -0.3 is 10.1 Å². The Morgan fingerprint density at radius 1 is 1.59 bits per heavy atom. The third-order valence-electron chi connectivity index (χ3n) is 3.19. The summed E-state index contributed by atoms with van der Waals surface area (Å²) in [4.78, 5) is 10.6. The fraction of sp³-hybridized carbons (Fsp3) is 0.500. The van der Waals surface area contributed by atoms with Crippen molar-refractivity contribution < 1.29 is 9.66 Å². The Morgan fingerprint density at radius 3 is 2.88 bits per heavy atom. The molecule has 0 saturated heterocycles. The van der Waals surface area contributed by atoms with E-state index in [0.717, 1.165) is 12.8 Å². The summed E-state index contributed by atoms with van der Waals surface area (Å²) in [5, 5.41) is 14.2. The lowest BCUT2D eigenvalue weighted by molar-refractivity contribution is -0.384. The molecule has 2 unspecified atom stereocenters. The Kier molecular flexibility index (Phi) is 3.17. The van der Waals surface area contributed by atoms with Crippen LogP contribution in [0.5, 0.6) is 5.75 Å². The molecule has 2 rings (SSSR count). The number of methoxy groups -OCH3 is 1. The van der Waals surface area contributed by atoms with Crippen molar-refractivity contribution in [3.8, 4) is 5.75 Å². The second kappa shape index (κ2) is 4.61. The summed E-state index contributed by atoms with van der Waals surface area (Å²) >= 11 is 0. The monoisotopic (exact) mass is 236 g/mol. The molecule has 0 heterocycles. The second-order valence-electron chi connectivity index (χ2n) is 4.30. The zero-order chi connectivity index (χ0) is 12.4. The quantitative estimate of drug-likeness (QED) is 0.630. The third kappa shape index (κ3) is 2.49. The van der Waals surface area contributed by atoms with E-state index in [1.807, 2.05) is 0 Å². The van der Waals surface area contributed by atoms with Crippen molar-refractivity contribution >= 4 is 11.4 Å². The third-order valence-corrected chi connectivity index (χ3v) is 3.19. The first-order chi connectivity index (χ1) is 8.15. The number of nitro benzene ring substituents is 1. The molecule has 2 atom stereocenters. The van der Waals surface area contributed by atoms with Crippen molar-refractivity contribution in [3.05, 3.63) is 28.3 Å². The zero-order valence-electron chi connectivity index (χ0n) is 9.97. The van der Waals surface area contributed by atoms with Crippen LogP contribution in [0.15, 0.2) is 18.2 Å². The molecule has 0 amide bonds. The van der Waals surface area contributed by atoms with E-state index in [4.69, 9.17) is 4.74 Å². The van der Waals surface area contributed by atoms with Crippen LogP contribution in [-0.4, -0.2) is 18.1 Å². The number of nitro groups is 1. The molecule has 1 saturated carbocycles. The standard InChI is InChI=1S/C12H16N2O3/c1-3-8-6-11(8)13-10-5-4-9(17-2)7-12(10)14(15)16/h4-5,7-8,11,13H,3,6H2,1-2H3. The molecule has 1 aromatic rings. The van der Waals surface area contributed by atoms with E-state index in [0.29, 0.717) is 23.4 Å². The van der Waals surface area contributed by atoms with Crippen LogP contribution in [0.1, 0.15) is 19.8 Å². The van der Waals surface area contributed by atoms with Crippen molar-refractivity contribution in [1.82, 2.24) is 0 Å². The first-order valence-electron chi connectivity index (χ1n) is 5.74. The molecule has 17 heavy (non-hydrogen) atoms. The predicted octanol–water partition coefficient (Wildman–Crippen LogP) is 2.81. The van der Waals surface area contributed by atoms with Gasteiger partial charge in [0.15, 0.2) is 0 Å². The Morgan fingerprint density at radius 2 is 2.35 bits per heavy atom. The Labute approximate surface area is 99.9 Å². The second-order valence-corrected chi connectivity index (χ2v) is 4.30. The molecule has 1 aromatic carbocycles. The normalized spacial score (nSPS) is 22.0. The number of nitrogens with one attached hydrogen (secondary N) is 1. The molecule has 0 bridgehead atoms. The molecule has 0 spiro atoms. The number of anilines is 1. The Hall–Kier alpha value is -1.78. The van der Waals surface area contributed by atoms with E-state index in [-0.39, 0.29) is 10.6 Å². The fourth-order valence-electron chi connectivity index (χ4n) is 1.99. The van der Waals surface area contributed by atoms with Crippen LogP contribution in [-0.2, 0) is 0 Å². The summed E-state index contributed by atoms with van der Waals surface area (Å²) in [6.07, 6.45) is 2.21. The van der Waals surface area contributed by atoms with E-state index in [1.54, 1.807) is 12.1 Å². The minimum Gasteiger partial charge on any atom is -0.496 e. The van der Waals surface area contributed by atoms with Gasteiger partial charge in [0.2, 0.25) is 0 Å². The maximum atomic E-state index is 11.0. The van der Waals surface area contributed by atoms with Gasteiger partial charge in [-0.05, 0) is 24.5 Å². The Bertz CT molecular complexity index is 434. The average molecular weight is 236 g/mol. The minimum atomic E-state index is -0.381. The highest BCUT2D eigenvalue weighted by Crippen LogP contribution is 2.39. The van der Waals surface area contributed by atoms with Crippen molar-refractivity contribution in [3.63, 3.8) is 0 Å². The molecule has 1 aliphatic carbocycles. The summed E-state index contributed by atoms with van der Waals surface area (Å²) in [5.74, 6) is 1.15. The van der Waals surface area contributed by atoms with Crippen LogP contribution >= 0.6 is 0 Å². The van der Waals surface area contributed by atoms with Gasteiger partial charge in [-0.25, -0.2) is 0 Å². The number of nitrogens with zero attached hydrogens (tertiary/aromatic N) is 1. The number of hydrogen-bond acceptors (Lipinski definition) is 4. The summed E-state index contributed by atoms with van der Waals surface area (Å²) in [6.45, 7) is 2.13. The molecule has 0 radical (unpaired) electrons. The summed E-state index contributed by atoms with van der Waals surface area (Å²) in [7, 11) is 1.50. The highest BCUT2D eigenvalue weighted by Gasteiger charge is 2.36. The van der Waals surface area contributed by atoms with Crippen molar-refractivity contribution in [2.75, 3.05) is 12.4 Å². The van der Waals surface area contributed by atoms with Crippen LogP contribution < -0.4 is 10.1 Å². The van der Waals surface area contributed by atoms with E-state index in [2.05, 4.69) is 12.2 Å². The predicted molar refractivity (Wildman–Crippen MR) is 65.5 cm³/mol. The first kappa shape index (κ1) is 11.7. The Balaban J connectivity index is 2.18. The van der Waals surface area contributed by atoms with Crippen LogP contribution in [0.25, 0.3) is 0 Å². The van der Waals surface area contributed by atoms with Crippen molar-refractivity contribution in [2.45, 2.75) is 25.8 Å². The molecule has 5 nitrogen and oxygen atoms in total. The van der Waals surface area contributed by atoms with Crippen LogP contribution in [0.4, 0.5) is 11.4 Å². The maximum absolute atomic E-state index is 11.0. The topological polar surface area (TPSA) is 64.4 Å². The highest BCUT2D eigenvalue weighted by atomic mass is 16.6. The van der Waals surface area contributed by atoms with Crippen LogP contribution in [0.3, 0.4) is 0 Å². The first-order valence-corrected chi connectivity index (χ1v) is 5.74. The molecule has 92 valence electrons. The number of hydrogen-bond donors (Lipinski definition) is 1. The van der Waals surface area contributed by atoms with Crippen molar-refractivity contribution in [2.24, 2.45) is 5.92 Å². The van der Waals surface area contributed by atoms with Gasteiger partial charge in [-0.2, -0.15) is 0 Å². The van der Waals surface area contributed by atoms with E-state index < -0.39 is 0 Å². The summed E-state index contributed by atoms with van der Waals surface area (Å²) in [5.41, 5.74) is 0.655. The minimum absolute atomic E-state index is 0.0751. The van der Waals surface area contributed by atoms with Gasteiger partial charge >= 0.3 is 0 Å². The summed E-state index contributed by atoms with van der Waals surface area (Å²) in [6, 6.07) is 5.28. The van der Waals surface area contributed by atoms with E-state index >= 15 is 0 Å². The zero-order valence-corrected chi connectivity index (χ0v) is 9.97. The highest BCUT2D eigenvalue weighted by molar-refractivity contribution is 5.64. The van der Waals surface area contributed by atoms with E-state index in [1.165, 1.54) is 13.2 Å². The van der Waals surface area contributed by atoms with E-state index in [9.17, 15) is 10.1 Å². The lowest BCUT2D eigenvalue weighted by Gasteiger charge is -2.07. The van der Waals surface area contributed by atoms with Gasteiger partial charge in [0.05, 0.1) is 18.1 Å². The molecule has 0 aliphatic heterocycles. The van der Waals surface area contributed by atoms with Crippen LogP contribution in [0.2, 0.25) is 0 Å². The van der Waals surface area contributed by atoms with Gasteiger partial charge in [0.1, 0.15) is 11.4 Å². The molecular weight excluding hydrogens is 220 g/mol. The smallest absolute Gasteiger partial charge is 0.296 e. The summed E-state index contributed by atoms with van der Waals surface area (Å²) < 4.78 is 4.99. The molecule has 5 heteroatoms. The lowest BCUT2D eigenvalue weighted by Crippen LogP contribution is -2.06. The molecular formula is C12H16N2O3. The SMILES string of the molecule is CCC1CC1Nc1ccc(OC)cc1[N+](=O)[O-]. The van der Waals surface area contributed by atoms with Gasteiger partial charge in [0, 0.05) is 6.04 Å². The van der Waals surface area contributed by atoms with Gasteiger partial charge in [-0.3, -0.25) is 10.1 Å². The largest absolute Gasteiger partial charge is 0.496 e. The van der Waals surface area contributed by atoms with Gasteiger partial charge in [-0.15, -0.1) is 0 Å². The number of rotatable bonds is 5. The van der Waals surface area contributed by atoms with Gasteiger partial charge in [-0.1, -0.05) is 13.3 Å². The molecule has 1 N–H and O–H groups in total. The van der Waals surface area contributed by atoms with Crippen LogP contribution in [0, 0.1) is 16.0 Å². The molecule has 1 aliphatic rings. The number of ether oxygens (including phenoxy) is 1. The number of benzene rings is 1. The average Bonchev–Trinajstić information content (AvgIpc) is 3.07. The fourth-order valence-corrected chi connectivity index (χ4v) is 1.99. The maximum Gasteiger partial charge on any atom is 0.296 e. The molecule has 0 aromatic heterocycles. The van der Waals surface area contributed by atoms with Crippen molar-refractivity contribution in [1.29, 1.82) is 0 Å².